The summed E-state index contributed by atoms with van der Waals surface area (Å²) in [5.41, 5.74) is 6.91. The van der Waals surface area contributed by atoms with Gasteiger partial charge in [-0.3, -0.25) is 4.79 Å². The molecule has 0 bridgehead atoms. The molecule has 1 rings (SSSR count). The van der Waals surface area contributed by atoms with Crippen LogP contribution in [0.15, 0.2) is 24.3 Å². The molecule has 1 aromatic carbocycles. The summed E-state index contributed by atoms with van der Waals surface area (Å²) in [7, 11) is 1.80. The Morgan fingerprint density at radius 2 is 1.95 bits per heavy atom. The summed E-state index contributed by atoms with van der Waals surface area (Å²) in [5, 5.41) is 9.21. The summed E-state index contributed by atoms with van der Waals surface area (Å²) >= 11 is 0. The van der Waals surface area contributed by atoms with Gasteiger partial charge in [0.15, 0.2) is 0 Å². The van der Waals surface area contributed by atoms with E-state index in [1.807, 2.05) is 0 Å². The number of aromatic hydroxyl groups is 1. The van der Waals surface area contributed by atoms with Gasteiger partial charge < -0.3 is 15.7 Å². The minimum absolute atomic E-state index is 0.0339. The largest absolute Gasteiger partial charge is 0.508 e. The zero-order valence-corrected chi connectivity index (χ0v) is 12.0. The topological polar surface area (TPSA) is 66.6 Å². The van der Waals surface area contributed by atoms with Gasteiger partial charge in [0.1, 0.15) is 5.75 Å². The lowest BCUT2D eigenvalue weighted by Crippen LogP contribution is -2.44. The van der Waals surface area contributed by atoms with E-state index in [4.69, 9.17) is 5.73 Å². The Kier molecular flexibility index (Phi) is 5.83. The molecule has 0 aliphatic carbocycles. The SMILES string of the molecule is CCC(C)CN(C)C(=O)C(N)Cc1ccc(O)cc1. The number of benzene rings is 1. The van der Waals surface area contributed by atoms with Crippen molar-refractivity contribution in [3.05, 3.63) is 29.8 Å². The van der Waals surface area contributed by atoms with Gasteiger partial charge >= 0.3 is 0 Å². The van der Waals surface area contributed by atoms with E-state index in [-0.39, 0.29) is 11.7 Å². The highest BCUT2D eigenvalue weighted by atomic mass is 16.3. The number of likely N-dealkylation sites (N-methyl/N-ethyl adjacent to an activating group) is 1. The second-order valence-electron chi connectivity index (χ2n) is 5.21. The minimum Gasteiger partial charge on any atom is -0.508 e. The molecule has 4 nitrogen and oxygen atoms in total. The molecule has 0 radical (unpaired) electrons. The molecule has 2 atom stereocenters. The molecule has 2 unspecified atom stereocenters. The number of phenolic OH excluding ortho intramolecular Hbond substituents is 1. The summed E-state index contributed by atoms with van der Waals surface area (Å²) in [5.74, 6) is 0.667. The number of nitrogens with two attached hydrogens (primary N) is 1. The molecule has 4 heteroatoms. The van der Waals surface area contributed by atoms with Crippen LogP contribution in [0.25, 0.3) is 0 Å². The predicted molar refractivity (Wildman–Crippen MR) is 76.9 cm³/mol. The Labute approximate surface area is 115 Å². The number of carbonyl (C=O) groups excluding carboxylic acids is 1. The average Bonchev–Trinajstić information content (AvgIpc) is 2.40. The Morgan fingerprint density at radius 1 is 1.37 bits per heavy atom. The Bertz CT molecular complexity index is 403. The maximum absolute atomic E-state index is 12.1. The van der Waals surface area contributed by atoms with Gasteiger partial charge in [-0.05, 0) is 30.0 Å². The van der Waals surface area contributed by atoms with Crippen molar-refractivity contribution in [3.63, 3.8) is 0 Å². The third kappa shape index (κ3) is 4.91. The Morgan fingerprint density at radius 3 is 2.47 bits per heavy atom. The first kappa shape index (κ1) is 15.5. The van der Waals surface area contributed by atoms with Crippen molar-refractivity contribution in [2.45, 2.75) is 32.7 Å². The monoisotopic (exact) mass is 264 g/mol. The first-order valence-electron chi connectivity index (χ1n) is 6.72. The third-order valence-corrected chi connectivity index (χ3v) is 3.37. The smallest absolute Gasteiger partial charge is 0.239 e. The fourth-order valence-electron chi connectivity index (χ4n) is 1.94. The molecule has 1 amide bonds. The molecule has 3 N–H and O–H groups in total. The van der Waals surface area contributed by atoms with Gasteiger partial charge in [0, 0.05) is 13.6 Å². The molecule has 1 aromatic rings. The van der Waals surface area contributed by atoms with Crippen molar-refractivity contribution in [1.29, 1.82) is 0 Å². The molecule has 0 aromatic heterocycles. The summed E-state index contributed by atoms with van der Waals surface area (Å²) < 4.78 is 0. The molecule has 0 saturated heterocycles. The van der Waals surface area contributed by atoms with Gasteiger partial charge in [-0.1, -0.05) is 32.4 Å². The van der Waals surface area contributed by atoms with E-state index in [0.717, 1.165) is 18.5 Å². The molecular weight excluding hydrogens is 240 g/mol. The van der Waals surface area contributed by atoms with E-state index >= 15 is 0 Å². The maximum Gasteiger partial charge on any atom is 0.239 e. The fraction of sp³-hybridized carbons (Fsp3) is 0.533. The Balaban J connectivity index is 2.54. The van der Waals surface area contributed by atoms with Crippen molar-refractivity contribution in [3.8, 4) is 5.75 Å². The third-order valence-electron chi connectivity index (χ3n) is 3.37. The first-order chi connectivity index (χ1) is 8.93. The highest BCUT2D eigenvalue weighted by molar-refractivity contribution is 5.81. The number of amides is 1. The van der Waals surface area contributed by atoms with Crippen molar-refractivity contribution in [2.24, 2.45) is 11.7 Å². The fourth-order valence-corrected chi connectivity index (χ4v) is 1.94. The number of nitrogens with zero attached hydrogens (tertiary/aromatic N) is 1. The van der Waals surface area contributed by atoms with Crippen LogP contribution in [0.1, 0.15) is 25.8 Å². The van der Waals surface area contributed by atoms with Gasteiger partial charge in [0.2, 0.25) is 5.91 Å². The number of hydrogen-bond donors (Lipinski definition) is 2. The van der Waals surface area contributed by atoms with E-state index < -0.39 is 6.04 Å². The van der Waals surface area contributed by atoms with Crippen LogP contribution in [-0.2, 0) is 11.2 Å². The lowest BCUT2D eigenvalue weighted by molar-refractivity contribution is -0.131. The lowest BCUT2D eigenvalue weighted by atomic mass is 10.0. The maximum atomic E-state index is 12.1. The van der Waals surface area contributed by atoms with Crippen molar-refractivity contribution >= 4 is 5.91 Å². The quantitative estimate of drug-likeness (QED) is 0.823. The standard InChI is InChI=1S/C15H24N2O2/c1-4-11(2)10-17(3)15(19)14(16)9-12-5-7-13(18)8-6-12/h5-8,11,14,18H,4,9-10,16H2,1-3H3. The van der Waals surface area contributed by atoms with Crippen LogP contribution in [0.3, 0.4) is 0 Å². The summed E-state index contributed by atoms with van der Waals surface area (Å²) in [6.45, 7) is 4.97. The van der Waals surface area contributed by atoms with Crippen LogP contribution < -0.4 is 5.73 Å². The first-order valence-corrected chi connectivity index (χ1v) is 6.72. The second kappa shape index (κ2) is 7.14. The van der Waals surface area contributed by atoms with Gasteiger partial charge in [-0.25, -0.2) is 0 Å². The molecule has 0 saturated carbocycles. The van der Waals surface area contributed by atoms with Crippen molar-refractivity contribution in [2.75, 3.05) is 13.6 Å². The molecule has 0 fully saturated rings. The highest BCUT2D eigenvalue weighted by Gasteiger charge is 2.19. The van der Waals surface area contributed by atoms with Crippen molar-refractivity contribution < 1.29 is 9.90 Å². The molecule has 19 heavy (non-hydrogen) atoms. The molecule has 0 aliphatic rings. The van der Waals surface area contributed by atoms with E-state index in [9.17, 15) is 9.90 Å². The average molecular weight is 264 g/mol. The predicted octanol–water partition coefficient (Wildman–Crippen LogP) is 1.77. The Hall–Kier alpha value is -1.55. The number of rotatable bonds is 6. The zero-order chi connectivity index (χ0) is 14.4. The molecular formula is C15H24N2O2. The summed E-state index contributed by atoms with van der Waals surface area (Å²) in [6.07, 6.45) is 1.54. The summed E-state index contributed by atoms with van der Waals surface area (Å²) in [6, 6.07) is 6.26. The number of hydrogen-bond acceptors (Lipinski definition) is 3. The minimum atomic E-state index is -0.529. The molecule has 0 aliphatic heterocycles. The second-order valence-corrected chi connectivity index (χ2v) is 5.21. The van der Waals surface area contributed by atoms with E-state index in [1.54, 1.807) is 36.2 Å². The van der Waals surface area contributed by atoms with Gasteiger partial charge in [0.25, 0.3) is 0 Å². The molecule has 0 heterocycles. The van der Waals surface area contributed by atoms with Gasteiger partial charge in [-0.15, -0.1) is 0 Å². The van der Waals surface area contributed by atoms with Gasteiger partial charge in [0.05, 0.1) is 6.04 Å². The van der Waals surface area contributed by atoms with Crippen LogP contribution >= 0.6 is 0 Å². The molecule has 106 valence electrons. The molecule has 0 spiro atoms. The van der Waals surface area contributed by atoms with Crippen molar-refractivity contribution in [1.82, 2.24) is 4.90 Å². The number of phenols is 1. The summed E-state index contributed by atoms with van der Waals surface area (Å²) in [4.78, 5) is 13.8. The lowest BCUT2D eigenvalue weighted by Gasteiger charge is -2.24. The van der Waals surface area contributed by atoms with Crippen LogP contribution in [0.2, 0.25) is 0 Å². The number of carbonyl (C=O) groups is 1. The van der Waals surface area contributed by atoms with E-state index in [1.165, 1.54) is 0 Å². The van der Waals surface area contributed by atoms with E-state index in [2.05, 4.69) is 13.8 Å². The highest BCUT2D eigenvalue weighted by Crippen LogP contribution is 2.12. The van der Waals surface area contributed by atoms with Crippen LogP contribution in [0.4, 0.5) is 0 Å². The van der Waals surface area contributed by atoms with Gasteiger partial charge in [-0.2, -0.15) is 0 Å². The normalized spacial score (nSPS) is 13.9. The van der Waals surface area contributed by atoms with Crippen LogP contribution in [0.5, 0.6) is 5.75 Å². The van der Waals surface area contributed by atoms with Crippen LogP contribution in [-0.4, -0.2) is 35.5 Å². The zero-order valence-electron chi connectivity index (χ0n) is 12.0. The van der Waals surface area contributed by atoms with Crippen LogP contribution in [0, 0.1) is 5.92 Å². The van der Waals surface area contributed by atoms with E-state index in [0.29, 0.717) is 12.3 Å².